The Morgan fingerprint density at radius 1 is 1.40 bits per heavy atom. The Kier molecular flexibility index (Phi) is 3.54. The number of nitrogens with zero attached hydrogens (tertiary/aromatic N) is 2. The molecule has 0 bridgehead atoms. The van der Waals surface area contributed by atoms with E-state index in [1.54, 1.807) is 0 Å². The van der Waals surface area contributed by atoms with Crippen LogP contribution in [0.3, 0.4) is 0 Å². The Hall–Kier alpha value is -1.72. The molecule has 0 fully saturated rings. The lowest BCUT2D eigenvalue weighted by Gasteiger charge is -2.23. The lowest BCUT2D eigenvalue weighted by atomic mass is 10.0. The Balaban J connectivity index is 1.95. The quantitative estimate of drug-likeness (QED) is 0.924. The Morgan fingerprint density at radius 2 is 2.25 bits per heavy atom. The molecular weight excluding hydrogens is 281 g/mol. The first-order chi connectivity index (χ1) is 9.63. The van der Waals surface area contributed by atoms with Crippen molar-refractivity contribution in [3.05, 3.63) is 46.6 Å². The van der Waals surface area contributed by atoms with Crippen LogP contribution in [0.1, 0.15) is 18.2 Å². The first-order valence-electron chi connectivity index (χ1n) is 6.32. The fourth-order valence-electron chi connectivity index (χ4n) is 2.19. The summed E-state index contributed by atoms with van der Waals surface area (Å²) in [5.74, 6) is 0.474. The number of halogens is 2. The van der Waals surface area contributed by atoms with Gasteiger partial charge in [-0.15, -0.1) is 0 Å². The zero-order valence-electron chi connectivity index (χ0n) is 10.9. The highest BCUT2D eigenvalue weighted by Crippen LogP contribution is 2.32. The molecular formula is C14H13ClFN3O. The molecule has 4 nitrogen and oxygen atoms in total. The topological polar surface area (TPSA) is 47.0 Å². The van der Waals surface area contributed by atoms with Gasteiger partial charge in [0.25, 0.3) is 0 Å². The van der Waals surface area contributed by atoms with Gasteiger partial charge in [0, 0.05) is 18.2 Å². The normalized spacial score (nSPS) is 17.6. The highest BCUT2D eigenvalue weighted by atomic mass is 35.5. The van der Waals surface area contributed by atoms with Gasteiger partial charge >= 0.3 is 0 Å². The van der Waals surface area contributed by atoms with E-state index in [9.17, 15) is 4.39 Å². The lowest BCUT2D eigenvalue weighted by molar-refractivity contribution is 0.429. The van der Waals surface area contributed by atoms with Crippen molar-refractivity contribution in [2.24, 2.45) is 0 Å². The van der Waals surface area contributed by atoms with Gasteiger partial charge < -0.3 is 10.1 Å². The van der Waals surface area contributed by atoms with Crippen molar-refractivity contribution < 1.29 is 9.13 Å². The van der Waals surface area contributed by atoms with Crippen LogP contribution in [0.15, 0.2) is 24.5 Å². The maximum absolute atomic E-state index is 13.0. The third-order valence-electron chi connectivity index (χ3n) is 3.22. The van der Waals surface area contributed by atoms with Crippen molar-refractivity contribution in [1.29, 1.82) is 0 Å². The molecule has 0 spiro atoms. The van der Waals surface area contributed by atoms with Gasteiger partial charge in [-0.3, -0.25) is 0 Å². The summed E-state index contributed by atoms with van der Waals surface area (Å²) in [7, 11) is 0. The molecule has 1 atom stereocenters. The summed E-state index contributed by atoms with van der Waals surface area (Å²) in [5, 5.41) is 3.55. The van der Waals surface area contributed by atoms with Crippen molar-refractivity contribution in [2.45, 2.75) is 25.9 Å². The number of benzene rings is 1. The maximum atomic E-state index is 13.0. The molecule has 0 amide bonds. The van der Waals surface area contributed by atoms with E-state index in [0.717, 1.165) is 17.7 Å². The van der Waals surface area contributed by atoms with E-state index in [1.807, 2.05) is 0 Å². The number of fused-ring (bicyclic) bond motifs is 1. The minimum atomic E-state index is -0.398. The second-order valence-corrected chi connectivity index (χ2v) is 5.17. The van der Waals surface area contributed by atoms with Crippen molar-refractivity contribution in [3.8, 4) is 11.6 Å². The van der Waals surface area contributed by atoms with Crippen LogP contribution >= 0.6 is 11.6 Å². The Morgan fingerprint density at radius 3 is 3.05 bits per heavy atom. The SMILES string of the molecule is CC1Cc2c(ncnc2Oc2ccc(F)cc2Cl)CN1. The van der Waals surface area contributed by atoms with E-state index in [-0.39, 0.29) is 5.02 Å². The largest absolute Gasteiger partial charge is 0.437 e. The molecule has 0 saturated heterocycles. The summed E-state index contributed by atoms with van der Waals surface area (Å²) >= 11 is 5.97. The fourth-order valence-corrected chi connectivity index (χ4v) is 2.39. The van der Waals surface area contributed by atoms with E-state index < -0.39 is 5.82 Å². The number of nitrogens with one attached hydrogen (secondary N) is 1. The van der Waals surface area contributed by atoms with Gasteiger partial charge in [0.05, 0.1) is 10.7 Å². The molecule has 1 aliphatic heterocycles. The van der Waals surface area contributed by atoms with Crippen LogP contribution in [0.2, 0.25) is 5.02 Å². The minimum absolute atomic E-state index is 0.222. The molecule has 20 heavy (non-hydrogen) atoms. The van der Waals surface area contributed by atoms with Crippen molar-refractivity contribution >= 4 is 11.6 Å². The monoisotopic (exact) mass is 293 g/mol. The molecule has 2 aromatic rings. The molecule has 104 valence electrons. The van der Waals surface area contributed by atoms with Gasteiger partial charge in [0.2, 0.25) is 5.88 Å². The first-order valence-corrected chi connectivity index (χ1v) is 6.70. The van der Waals surface area contributed by atoms with Gasteiger partial charge in [-0.2, -0.15) is 0 Å². The Bertz CT molecular complexity index is 650. The molecule has 1 aliphatic rings. The highest BCUT2D eigenvalue weighted by Gasteiger charge is 2.21. The van der Waals surface area contributed by atoms with Crippen LogP contribution in [-0.4, -0.2) is 16.0 Å². The second kappa shape index (κ2) is 5.34. The van der Waals surface area contributed by atoms with Crippen molar-refractivity contribution in [2.75, 3.05) is 0 Å². The van der Waals surface area contributed by atoms with Crippen LogP contribution in [0.4, 0.5) is 4.39 Å². The van der Waals surface area contributed by atoms with Gasteiger partial charge in [0.1, 0.15) is 17.9 Å². The maximum Gasteiger partial charge on any atom is 0.225 e. The number of rotatable bonds is 2. The summed E-state index contributed by atoms with van der Waals surface area (Å²) < 4.78 is 18.8. The third-order valence-corrected chi connectivity index (χ3v) is 3.52. The summed E-state index contributed by atoms with van der Waals surface area (Å²) in [6, 6.07) is 4.35. The zero-order chi connectivity index (χ0) is 14.1. The molecule has 0 radical (unpaired) electrons. The molecule has 1 aromatic carbocycles. The Labute approximate surface area is 121 Å². The second-order valence-electron chi connectivity index (χ2n) is 4.77. The van der Waals surface area contributed by atoms with Gasteiger partial charge in [-0.1, -0.05) is 11.6 Å². The molecule has 1 aromatic heterocycles. The van der Waals surface area contributed by atoms with E-state index in [2.05, 4.69) is 22.2 Å². The summed E-state index contributed by atoms with van der Waals surface area (Å²) in [6.07, 6.45) is 2.24. The molecule has 6 heteroatoms. The predicted molar refractivity (Wildman–Crippen MR) is 73.5 cm³/mol. The van der Waals surface area contributed by atoms with Crippen LogP contribution in [0, 0.1) is 5.82 Å². The van der Waals surface area contributed by atoms with Gasteiger partial charge in [0.15, 0.2) is 0 Å². The smallest absolute Gasteiger partial charge is 0.225 e. The summed E-state index contributed by atoms with van der Waals surface area (Å²) in [4.78, 5) is 8.42. The van der Waals surface area contributed by atoms with Crippen LogP contribution in [0.5, 0.6) is 11.6 Å². The summed E-state index contributed by atoms with van der Waals surface area (Å²) in [5.41, 5.74) is 1.89. The average molecular weight is 294 g/mol. The van der Waals surface area contributed by atoms with Gasteiger partial charge in [-0.25, -0.2) is 14.4 Å². The van der Waals surface area contributed by atoms with Gasteiger partial charge in [-0.05, 0) is 31.5 Å². The first kappa shape index (κ1) is 13.3. The highest BCUT2D eigenvalue weighted by molar-refractivity contribution is 6.32. The predicted octanol–water partition coefficient (Wildman–Crippen LogP) is 3.10. The number of hydrogen-bond donors (Lipinski definition) is 1. The van der Waals surface area contributed by atoms with E-state index in [4.69, 9.17) is 16.3 Å². The van der Waals surface area contributed by atoms with E-state index in [0.29, 0.717) is 24.2 Å². The van der Waals surface area contributed by atoms with Crippen molar-refractivity contribution in [1.82, 2.24) is 15.3 Å². The zero-order valence-corrected chi connectivity index (χ0v) is 11.6. The third kappa shape index (κ3) is 2.59. The molecule has 1 N–H and O–H groups in total. The minimum Gasteiger partial charge on any atom is -0.437 e. The summed E-state index contributed by atoms with van der Waals surface area (Å²) in [6.45, 7) is 2.77. The van der Waals surface area contributed by atoms with Crippen molar-refractivity contribution in [3.63, 3.8) is 0 Å². The number of ether oxygens (including phenoxy) is 1. The van der Waals surface area contributed by atoms with Crippen LogP contribution in [-0.2, 0) is 13.0 Å². The number of hydrogen-bond acceptors (Lipinski definition) is 4. The molecule has 0 aliphatic carbocycles. The number of aromatic nitrogens is 2. The molecule has 1 unspecified atom stereocenters. The molecule has 2 heterocycles. The standard InChI is InChI=1S/C14H13ClFN3O/c1-8-4-10-12(6-17-8)18-7-19-14(10)20-13-3-2-9(16)5-11(13)15/h2-3,5,7-8,17H,4,6H2,1H3. The molecule has 0 saturated carbocycles. The molecule has 3 rings (SSSR count). The fraction of sp³-hybridized carbons (Fsp3) is 0.286. The van der Waals surface area contributed by atoms with Crippen LogP contribution in [0.25, 0.3) is 0 Å². The van der Waals surface area contributed by atoms with E-state index >= 15 is 0 Å². The average Bonchev–Trinajstić information content (AvgIpc) is 2.42. The lowest BCUT2D eigenvalue weighted by Crippen LogP contribution is -2.33. The van der Waals surface area contributed by atoms with Crippen LogP contribution < -0.4 is 10.1 Å². The van der Waals surface area contributed by atoms with E-state index in [1.165, 1.54) is 24.5 Å².